The van der Waals surface area contributed by atoms with Gasteiger partial charge in [-0.05, 0) is 48.9 Å². The number of esters is 1. The van der Waals surface area contributed by atoms with Crippen LogP contribution in [0.5, 0.6) is 5.75 Å². The quantitative estimate of drug-likeness (QED) is 0.376. The first-order valence-corrected chi connectivity index (χ1v) is 10.9. The number of amides is 3. The van der Waals surface area contributed by atoms with Gasteiger partial charge in [0.1, 0.15) is 22.9 Å². The summed E-state index contributed by atoms with van der Waals surface area (Å²) in [5, 5.41) is 2.13. The minimum Gasteiger partial charge on any atom is -0.493 e. The van der Waals surface area contributed by atoms with Crippen LogP contribution in [0.2, 0.25) is 0 Å². The van der Waals surface area contributed by atoms with Gasteiger partial charge in [0.2, 0.25) is 0 Å². The number of carbonyl (C=O) groups excluding carboxylic acids is 4. The molecule has 1 aliphatic rings. The van der Waals surface area contributed by atoms with Crippen molar-refractivity contribution in [1.82, 2.24) is 4.90 Å². The van der Waals surface area contributed by atoms with Gasteiger partial charge in [0.15, 0.2) is 6.61 Å². The SMILES string of the molecule is CCOc1ccc(CN2C(=O)c3ccccc3C2=O)cc1C(=O)OCC(=O)Nc1cc(F)ccc1F. The number of carbonyl (C=O) groups is 4. The first kappa shape index (κ1) is 24.5. The molecule has 3 amide bonds. The maximum Gasteiger partial charge on any atom is 0.342 e. The second-order valence-corrected chi connectivity index (χ2v) is 7.75. The molecule has 0 saturated carbocycles. The van der Waals surface area contributed by atoms with Crippen molar-refractivity contribution in [2.45, 2.75) is 13.5 Å². The minimum absolute atomic E-state index is 0.0318. The van der Waals surface area contributed by atoms with E-state index in [0.717, 1.165) is 23.1 Å². The van der Waals surface area contributed by atoms with Crippen LogP contribution in [0.4, 0.5) is 14.5 Å². The third kappa shape index (κ3) is 5.07. The van der Waals surface area contributed by atoms with Crippen molar-refractivity contribution in [3.05, 3.63) is 94.6 Å². The summed E-state index contributed by atoms with van der Waals surface area (Å²) in [6, 6.07) is 13.5. The molecular formula is C26H20F2N2O6. The predicted octanol–water partition coefficient (Wildman–Crippen LogP) is 3.96. The fourth-order valence-corrected chi connectivity index (χ4v) is 3.67. The lowest BCUT2D eigenvalue weighted by molar-refractivity contribution is -0.119. The Labute approximate surface area is 204 Å². The Morgan fingerprint density at radius 1 is 0.944 bits per heavy atom. The smallest absolute Gasteiger partial charge is 0.342 e. The number of ether oxygens (including phenoxy) is 2. The molecule has 0 unspecified atom stereocenters. The van der Waals surface area contributed by atoms with Crippen LogP contribution < -0.4 is 10.1 Å². The zero-order valence-electron chi connectivity index (χ0n) is 19.0. The van der Waals surface area contributed by atoms with Gasteiger partial charge < -0.3 is 14.8 Å². The molecule has 8 nitrogen and oxygen atoms in total. The molecule has 10 heteroatoms. The van der Waals surface area contributed by atoms with Gasteiger partial charge in [0.25, 0.3) is 17.7 Å². The fraction of sp³-hybridized carbons (Fsp3) is 0.154. The normalized spacial score (nSPS) is 12.4. The Kier molecular flexibility index (Phi) is 7.05. The van der Waals surface area contributed by atoms with E-state index < -0.39 is 47.6 Å². The summed E-state index contributed by atoms with van der Waals surface area (Å²) in [6.45, 7) is 1.07. The fourth-order valence-electron chi connectivity index (χ4n) is 3.67. The van der Waals surface area contributed by atoms with Crippen LogP contribution in [0.1, 0.15) is 43.6 Å². The molecule has 0 fully saturated rings. The van der Waals surface area contributed by atoms with Crippen molar-refractivity contribution in [1.29, 1.82) is 0 Å². The summed E-state index contributed by atoms with van der Waals surface area (Å²) in [5.74, 6) is -4.13. The van der Waals surface area contributed by atoms with E-state index in [4.69, 9.17) is 9.47 Å². The monoisotopic (exact) mass is 494 g/mol. The van der Waals surface area contributed by atoms with Crippen LogP contribution in [0.25, 0.3) is 0 Å². The maximum absolute atomic E-state index is 13.7. The molecule has 36 heavy (non-hydrogen) atoms. The number of nitrogens with one attached hydrogen (secondary N) is 1. The lowest BCUT2D eigenvalue weighted by Gasteiger charge is -2.16. The summed E-state index contributed by atoms with van der Waals surface area (Å²) >= 11 is 0. The molecule has 3 aromatic carbocycles. The minimum atomic E-state index is -0.919. The van der Waals surface area contributed by atoms with E-state index >= 15 is 0 Å². The summed E-state index contributed by atoms with van der Waals surface area (Å²) in [4.78, 5) is 51.3. The van der Waals surface area contributed by atoms with Crippen molar-refractivity contribution in [3.8, 4) is 5.75 Å². The third-order valence-corrected chi connectivity index (χ3v) is 5.32. The second-order valence-electron chi connectivity index (χ2n) is 7.75. The highest BCUT2D eigenvalue weighted by atomic mass is 19.1. The Morgan fingerprint density at radius 2 is 1.64 bits per heavy atom. The molecule has 0 atom stereocenters. The van der Waals surface area contributed by atoms with Crippen LogP contribution in [-0.4, -0.2) is 41.8 Å². The van der Waals surface area contributed by atoms with Crippen molar-refractivity contribution >= 4 is 29.4 Å². The summed E-state index contributed by atoms with van der Waals surface area (Å²) in [6.07, 6.45) is 0. The topological polar surface area (TPSA) is 102 Å². The molecule has 4 rings (SSSR count). The van der Waals surface area contributed by atoms with E-state index in [-0.39, 0.29) is 24.5 Å². The van der Waals surface area contributed by atoms with Crippen molar-refractivity contribution < 1.29 is 37.4 Å². The Bertz CT molecular complexity index is 1340. The van der Waals surface area contributed by atoms with Crippen LogP contribution >= 0.6 is 0 Å². The van der Waals surface area contributed by atoms with Crippen LogP contribution in [0, 0.1) is 11.6 Å². The zero-order valence-corrected chi connectivity index (χ0v) is 19.0. The molecule has 1 N–H and O–H groups in total. The molecule has 0 bridgehead atoms. The van der Waals surface area contributed by atoms with Gasteiger partial charge in [-0.3, -0.25) is 19.3 Å². The van der Waals surface area contributed by atoms with Gasteiger partial charge >= 0.3 is 5.97 Å². The van der Waals surface area contributed by atoms with Gasteiger partial charge in [0.05, 0.1) is 30.0 Å². The van der Waals surface area contributed by atoms with E-state index in [1.807, 2.05) is 0 Å². The lowest BCUT2D eigenvalue weighted by Crippen LogP contribution is -2.29. The van der Waals surface area contributed by atoms with Crippen LogP contribution in [0.3, 0.4) is 0 Å². The number of nitrogens with zero attached hydrogens (tertiary/aromatic N) is 1. The second kappa shape index (κ2) is 10.3. The Balaban J connectivity index is 1.47. The number of anilines is 1. The first-order chi connectivity index (χ1) is 17.3. The zero-order chi connectivity index (χ0) is 25.8. The number of imide groups is 1. The highest BCUT2D eigenvalue weighted by Crippen LogP contribution is 2.27. The standard InChI is InChI=1S/C26H20F2N2O6/c1-2-35-22-10-7-15(13-30-24(32)17-5-3-4-6-18(17)25(30)33)11-19(22)26(34)36-14-23(31)29-21-12-16(27)8-9-20(21)28/h3-12H,2,13-14H2,1H3,(H,29,31). The van der Waals surface area contributed by atoms with Gasteiger partial charge in [-0.1, -0.05) is 18.2 Å². The largest absolute Gasteiger partial charge is 0.493 e. The highest BCUT2D eigenvalue weighted by molar-refractivity contribution is 6.21. The first-order valence-electron chi connectivity index (χ1n) is 10.9. The number of halogens is 2. The summed E-state index contributed by atoms with van der Waals surface area (Å²) in [7, 11) is 0. The van der Waals surface area contributed by atoms with Crippen molar-refractivity contribution in [2.24, 2.45) is 0 Å². The molecule has 184 valence electrons. The Hall–Kier alpha value is -4.60. The van der Waals surface area contributed by atoms with E-state index in [1.165, 1.54) is 12.1 Å². The molecular weight excluding hydrogens is 474 g/mol. The van der Waals surface area contributed by atoms with Gasteiger partial charge in [-0.15, -0.1) is 0 Å². The van der Waals surface area contributed by atoms with Crippen LogP contribution in [0.15, 0.2) is 60.7 Å². The average molecular weight is 494 g/mol. The van der Waals surface area contributed by atoms with Crippen molar-refractivity contribution in [2.75, 3.05) is 18.5 Å². The van der Waals surface area contributed by atoms with Gasteiger partial charge in [-0.2, -0.15) is 0 Å². The third-order valence-electron chi connectivity index (χ3n) is 5.32. The number of hydrogen-bond acceptors (Lipinski definition) is 6. The molecule has 0 saturated heterocycles. The molecule has 0 aromatic heterocycles. The maximum atomic E-state index is 13.7. The lowest BCUT2D eigenvalue weighted by atomic mass is 10.1. The summed E-state index contributed by atoms with van der Waals surface area (Å²) < 4.78 is 37.5. The molecule has 3 aromatic rings. The number of fused-ring (bicyclic) bond motifs is 1. The molecule has 1 heterocycles. The molecule has 0 radical (unpaired) electrons. The Morgan fingerprint density at radius 3 is 2.31 bits per heavy atom. The average Bonchev–Trinajstić information content (AvgIpc) is 3.10. The van der Waals surface area contributed by atoms with Gasteiger partial charge in [0, 0.05) is 6.07 Å². The van der Waals surface area contributed by atoms with Gasteiger partial charge in [-0.25, -0.2) is 13.6 Å². The van der Waals surface area contributed by atoms with E-state index in [0.29, 0.717) is 16.7 Å². The van der Waals surface area contributed by atoms with Crippen molar-refractivity contribution in [3.63, 3.8) is 0 Å². The van der Waals surface area contributed by atoms with E-state index in [2.05, 4.69) is 5.32 Å². The number of hydrogen-bond donors (Lipinski definition) is 1. The predicted molar refractivity (Wildman–Crippen MR) is 124 cm³/mol. The van der Waals surface area contributed by atoms with Crippen LogP contribution in [-0.2, 0) is 16.1 Å². The van der Waals surface area contributed by atoms with E-state index in [1.54, 1.807) is 37.3 Å². The van der Waals surface area contributed by atoms with E-state index in [9.17, 15) is 28.0 Å². The highest BCUT2D eigenvalue weighted by Gasteiger charge is 2.35. The molecule has 0 spiro atoms. The number of benzene rings is 3. The molecule has 1 aliphatic heterocycles. The molecule has 0 aliphatic carbocycles. The summed E-state index contributed by atoms with van der Waals surface area (Å²) in [5.41, 5.74) is 0.624. The number of rotatable bonds is 8.